The van der Waals surface area contributed by atoms with Gasteiger partial charge in [-0.05, 0) is 39.7 Å². The van der Waals surface area contributed by atoms with Gasteiger partial charge in [0.2, 0.25) is 5.91 Å². The lowest BCUT2D eigenvalue weighted by Crippen LogP contribution is -2.48. The molecule has 0 aromatic carbocycles. The molecule has 1 unspecified atom stereocenters. The fourth-order valence-electron chi connectivity index (χ4n) is 3.27. The van der Waals surface area contributed by atoms with Gasteiger partial charge in [-0.15, -0.1) is 0 Å². The van der Waals surface area contributed by atoms with Crippen molar-refractivity contribution in [1.29, 1.82) is 0 Å². The third-order valence-electron chi connectivity index (χ3n) is 4.35. The molecule has 0 bridgehead atoms. The van der Waals surface area contributed by atoms with E-state index < -0.39 is 0 Å². The van der Waals surface area contributed by atoms with Crippen LogP contribution in [-0.4, -0.2) is 59.6 Å². The van der Waals surface area contributed by atoms with Crippen LogP contribution in [0.15, 0.2) is 0 Å². The fourth-order valence-corrected chi connectivity index (χ4v) is 3.27. The molecule has 1 atom stereocenters. The normalized spacial score (nSPS) is 30.5. The number of aliphatic hydroxyl groups excluding tert-OH is 1. The van der Waals surface area contributed by atoms with Crippen molar-refractivity contribution in [2.45, 2.75) is 39.2 Å². The predicted molar refractivity (Wildman–Crippen MR) is 66.7 cm³/mol. The summed E-state index contributed by atoms with van der Waals surface area (Å²) in [4.78, 5) is 15.9. The van der Waals surface area contributed by atoms with Crippen molar-refractivity contribution in [1.82, 2.24) is 9.80 Å². The highest BCUT2D eigenvalue weighted by Gasteiger charge is 2.42. The number of hydrogen-bond acceptors (Lipinski definition) is 3. The Morgan fingerprint density at radius 3 is 2.71 bits per heavy atom. The Kier molecular flexibility index (Phi) is 3.73. The second kappa shape index (κ2) is 4.94. The molecule has 0 saturated carbocycles. The molecule has 1 spiro atoms. The molecule has 0 aromatic rings. The Morgan fingerprint density at radius 2 is 2.06 bits per heavy atom. The summed E-state index contributed by atoms with van der Waals surface area (Å²) in [6, 6.07) is 0.592. The number of carbonyl (C=O) groups excluding carboxylic acids is 1. The third-order valence-corrected chi connectivity index (χ3v) is 4.35. The summed E-state index contributed by atoms with van der Waals surface area (Å²) in [5.74, 6) is -0.108. The topological polar surface area (TPSA) is 43.8 Å². The van der Waals surface area contributed by atoms with E-state index in [1.807, 2.05) is 4.90 Å². The van der Waals surface area contributed by atoms with Crippen molar-refractivity contribution >= 4 is 5.91 Å². The largest absolute Gasteiger partial charge is 0.387 e. The molecule has 4 heteroatoms. The Labute approximate surface area is 104 Å². The summed E-state index contributed by atoms with van der Waals surface area (Å²) in [5.41, 5.74) is 0.299. The molecule has 1 amide bonds. The van der Waals surface area contributed by atoms with Gasteiger partial charge in [-0.1, -0.05) is 0 Å². The number of nitrogens with zero attached hydrogens (tertiary/aromatic N) is 2. The number of rotatable bonds is 2. The van der Waals surface area contributed by atoms with Gasteiger partial charge in [-0.2, -0.15) is 0 Å². The minimum absolute atomic E-state index is 0.108. The molecule has 0 aromatic heterocycles. The van der Waals surface area contributed by atoms with Crippen molar-refractivity contribution in [2.75, 3.05) is 32.8 Å². The van der Waals surface area contributed by atoms with Crippen LogP contribution in [0.25, 0.3) is 0 Å². The highest BCUT2D eigenvalue weighted by atomic mass is 16.3. The number of piperidine rings is 1. The number of likely N-dealkylation sites (tertiary alicyclic amines) is 2. The van der Waals surface area contributed by atoms with E-state index in [9.17, 15) is 4.79 Å². The molecule has 0 radical (unpaired) electrons. The maximum atomic E-state index is 11.5. The van der Waals surface area contributed by atoms with Crippen molar-refractivity contribution in [3.05, 3.63) is 0 Å². The van der Waals surface area contributed by atoms with Crippen molar-refractivity contribution in [2.24, 2.45) is 5.41 Å². The summed E-state index contributed by atoms with van der Waals surface area (Å²) in [7, 11) is 0. The standard InChI is InChI=1S/C13H24N2O2/c1-11(2)14-6-3-4-13(9-14)5-7-15(10-13)12(17)8-16/h11,16H,3-10H2,1-2H3. The van der Waals surface area contributed by atoms with Crippen LogP contribution < -0.4 is 0 Å². The molecule has 2 fully saturated rings. The highest BCUT2D eigenvalue weighted by molar-refractivity contribution is 5.77. The molecule has 2 heterocycles. The molecule has 2 saturated heterocycles. The van der Waals surface area contributed by atoms with E-state index in [4.69, 9.17) is 5.11 Å². The summed E-state index contributed by atoms with van der Waals surface area (Å²) in [5, 5.41) is 8.92. The van der Waals surface area contributed by atoms with E-state index in [0.717, 1.165) is 26.1 Å². The minimum Gasteiger partial charge on any atom is -0.387 e. The lowest BCUT2D eigenvalue weighted by molar-refractivity contribution is -0.133. The summed E-state index contributed by atoms with van der Waals surface area (Å²) >= 11 is 0. The lowest BCUT2D eigenvalue weighted by atomic mass is 9.79. The van der Waals surface area contributed by atoms with Gasteiger partial charge in [-0.25, -0.2) is 0 Å². The molecule has 0 aliphatic carbocycles. The first-order valence-electron chi connectivity index (χ1n) is 6.69. The van der Waals surface area contributed by atoms with Gasteiger partial charge in [-0.3, -0.25) is 4.79 Å². The molecule has 2 rings (SSSR count). The molecule has 17 heavy (non-hydrogen) atoms. The maximum absolute atomic E-state index is 11.5. The van der Waals surface area contributed by atoms with Crippen LogP contribution in [0.4, 0.5) is 0 Å². The zero-order valence-corrected chi connectivity index (χ0v) is 11.0. The first-order chi connectivity index (χ1) is 8.06. The second-order valence-corrected chi connectivity index (χ2v) is 5.89. The zero-order valence-electron chi connectivity index (χ0n) is 11.0. The van der Waals surface area contributed by atoms with Crippen LogP contribution in [0.5, 0.6) is 0 Å². The second-order valence-electron chi connectivity index (χ2n) is 5.89. The molecule has 2 aliphatic heterocycles. The van der Waals surface area contributed by atoms with Gasteiger partial charge in [0.25, 0.3) is 0 Å². The Morgan fingerprint density at radius 1 is 1.29 bits per heavy atom. The van der Waals surface area contributed by atoms with Gasteiger partial charge in [0.05, 0.1) is 0 Å². The number of aliphatic hydroxyl groups is 1. The molecule has 4 nitrogen and oxygen atoms in total. The Bertz CT molecular complexity index is 293. The minimum atomic E-state index is -0.343. The van der Waals surface area contributed by atoms with Crippen molar-refractivity contribution in [3.63, 3.8) is 0 Å². The molecule has 98 valence electrons. The fraction of sp³-hybridized carbons (Fsp3) is 0.923. The SMILES string of the molecule is CC(C)N1CCCC2(CCN(C(=O)CO)C2)C1. The van der Waals surface area contributed by atoms with Crippen LogP contribution >= 0.6 is 0 Å². The van der Waals surface area contributed by atoms with Gasteiger partial charge in [0.1, 0.15) is 6.61 Å². The quantitative estimate of drug-likeness (QED) is 0.773. The van der Waals surface area contributed by atoms with E-state index in [1.54, 1.807) is 0 Å². The monoisotopic (exact) mass is 240 g/mol. The van der Waals surface area contributed by atoms with E-state index in [-0.39, 0.29) is 12.5 Å². The average molecular weight is 240 g/mol. The smallest absolute Gasteiger partial charge is 0.248 e. The van der Waals surface area contributed by atoms with Crippen molar-refractivity contribution < 1.29 is 9.90 Å². The number of carbonyl (C=O) groups is 1. The molecule has 1 N–H and O–H groups in total. The first kappa shape index (κ1) is 12.8. The Balaban J connectivity index is 1.99. The zero-order chi connectivity index (χ0) is 12.5. The number of hydrogen-bond donors (Lipinski definition) is 1. The van der Waals surface area contributed by atoms with Crippen LogP contribution in [0.3, 0.4) is 0 Å². The first-order valence-corrected chi connectivity index (χ1v) is 6.69. The van der Waals surface area contributed by atoms with Gasteiger partial charge < -0.3 is 14.9 Å². The molecule has 2 aliphatic rings. The van der Waals surface area contributed by atoms with E-state index in [1.165, 1.54) is 19.4 Å². The lowest BCUT2D eigenvalue weighted by Gasteiger charge is -2.42. The number of amides is 1. The van der Waals surface area contributed by atoms with Crippen LogP contribution in [-0.2, 0) is 4.79 Å². The summed E-state index contributed by atoms with van der Waals surface area (Å²) in [6.45, 7) is 8.10. The van der Waals surface area contributed by atoms with Crippen LogP contribution in [0.2, 0.25) is 0 Å². The predicted octanol–water partition coefficient (Wildman–Crippen LogP) is 0.702. The van der Waals surface area contributed by atoms with Gasteiger partial charge in [0.15, 0.2) is 0 Å². The maximum Gasteiger partial charge on any atom is 0.248 e. The molecular formula is C13H24N2O2. The van der Waals surface area contributed by atoms with E-state index in [2.05, 4.69) is 18.7 Å². The summed E-state index contributed by atoms with van der Waals surface area (Å²) < 4.78 is 0. The molecular weight excluding hydrogens is 216 g/mol. The summed E-state index contributed by atoms with van der Waals surface area (Å²) in [6.07, 6.45) is 3.56. The van der Waals surface area contributed by atoms with Crippen molar-refractivity contribution in [3.8, 4) is 0 Å². The van der Waals surface area contributed by atoms with E-state index in [0.29, 0.717) is 11.5 Å². The van der Waals surface area contributed by atoms with Crippen LogP contribution in [0.1, 0.15) is 33.1 Å². The van der Waals surface area contributed by atoms with Gasteiger partial charge in [0, 0.05) is 31.1 Å². The third kappa shape index (κ3) is 2.63. The Hall–Kier alpha value is -0.610. The average Bonchev–Trinajstić information content (AvgIpc) is 2.72. The van der Waals surface area contributed by atoms with Crippen LogP contribution in [0, 0.1) is 5.41 Å². The van der Waals surface area contributed by atoms with Gasteiger partial charge >= 0.3 is 0 Å². The van der Waals surface area contributed by atoms with E-state index >= 15 is 0 Å². The highest BCUT2D eigenvalue weighted by Crippen LogP contribution is 2.39.